The quantitative estimate of drug-likeness (QED) is 0.879. The van der Waals surface area contributed by atoms with Crippen molar-refractivity contribution in [2.24, 2.45) is 0 Å². The van der Waals surface area contributed by atoms with Crippen LogP contribution in [0.3, 0.4) is 0 Å². The molecule has 0 fully saturated rings. The molecule has 1 atom stereocenters. The van der Waals surface area contributed by atoms with Gasteiger partial charge in [-0.3, -0.25) is 4.79 Å². The van der Waals surface area contributed by atoms with E-state index in [0.29, 0.717) is 0 Å². The van der Waals surface area contributed by atoms with Gasteiger partial charge in [-0.2, -0.15) is 0 Å². The highest BCUT2D eigenvalue weighted by Gasteiger charge is 2.21. The fourth-order valence-corrected chi connectivity index (χ4v) is 2.93. The highest BCUT2D eigenvalue weighted by Crippen LogP contribution is 2.29. The lowest BCUT2D eigenvalue weighted by molar-refractivity contribution is 0.0932. The van der Waals surface area contributed by atoms with Crippen LogP contribution in [-0.4, -0.2) is 5.91 Å². The van der Waals surface area contributed by atoms with Gasteiger partial charge in [-0.1, -0.05) is 42.0 Å². The molecule has 20 heavy (non-hydrogen) atoms. The van der Waals surface area contributed by atoms with Gasteiger partial charge in [0.25, 0.3) is 5.91 Å². The predicted molar refractivity (Wildman–Crippen MR) is 80.8 cm³/mol. The standard InChI is InChI=1S/C18H19NO/c1-13-6-4-9-15(12-13)18(20)19-17-11-5-8-14-7-2-3-10-16(14)17/h2-4,6-7,9-10,12,17H,5,8,11H2,1H3,(H,19,20)/t17-/m1/s1. The van der Waals surface area contributed by atoms with Gasteiger partial charge in [0.05, 0.1) is 6.04 Å². The van der Waals surface area contributed by atoms with Gasteiger partial charge in [-0.25, -0.2) is 0 Å². The lowest BCUT2D eigenvalue weighted by Crippen LogP contribution is -2.30. The molecule has 3 rings (SSSR count). The normalized spacial score (nSPS) is 17.4. The van der Waals surface area contributed by atoms with Crippen LogP contribution in [0.25, 0.3) is 0 Å². The fraction of sp³-hybridized carbons (Fsp3) is 0.278. The molecule has 0 bridgehead atoms. The number of fused-ring (bicyclic) bond motifs is 1. The Labute approximate surface area is 119 Å². The van der Waals surface area contributed by atoms with Crippen LogP contribution >= 0.6 is 0 Å². The zero-order valence-electron chi connectivity index (χ0n) is 11.7. The molecule has 0 aliphatic heterocycles. The minimum Gasteiger partial charge on any atom is -0.345 e. The molecule has 0 radical (unpaired) electrons. The van der Waals surface area contributed by atoms with E-state index in [-0.39, 0.29) is 11.9 Å². The molecule has 1 N–H and O–H groups in total. The maximum absolute atomic E-state index is 12.4. The smallest absolute Gasteiger partial charge is 0.251 e. The second kappa shape index (κ2) is 5.49. The number of aryl methyl sites for hydroxylation is 2. The molecule has 2 nitrogen and oxygen atoms in total. The third kappa shape index (κ3) is 2.60. The summed E-state index contributed by atoms with van der Waals surface area (Å²) in [7, 11) is 0. The summed E-state index contributed by atoms with van der Waals surface area (Å²) < 4.78 is 0. The number of amides is 1. The van der Waals surface area contributed by atoms with Crippen molar-refractivity contribution in [3.05, 3.63) is 70.8 Å². The van der Waals surface area contributed by atoms with Crippen molar-refractivity contribution in [2.75, 3.05) is 0 Å². The summed E-state index contributed by atoms with van der Waals surface area (Å²) in [6.45, 7) is 2.01. The van der Waals surface area contributed by atoms with Gasteiger partial charge in [0.1, 0.15) is 0 Å². The highest BCUT2D eigenvalue weighted by atomic mass is 16.1. The number of hydrogen-bond acceptors (Lipinski definition) is 1. The molecule has 2 aromatic carbocycles. The Kier molecular flexibility index (Phi) is 3.55. The van der Waals surface area contributed by atoms with E-state index < -0.39 is 0 Å². The average Bonchev–Trinajstić information content (AvgIpc) is 2.47. The zero-order chi connectivity index (χ0) is 13.9. The lowest BCUT2D eigenvalue weighted by atomic mass is 9.87. The Balaban J connectivity index is 1.81. The second-order valence-corrected chi connectivity index (χ2v) is 5.49. The van der Waals surface area contributed by atoms with Crippen LogP contribution in [0.15, 0.2) is 48.5 Å². The van der Waals surface area contributed by atoms with Crippen LogP contribution in [0, 0.1) is 6.92 Å². The number of carbonyl (C=O) groups excluding carboxylic acids is 1. The van der Waals surface area contributed by atoms with Crippen molar-refractivity contribution in [3.63, 3.8) is 0 Å². The van der Waals surface area contributed by atoms with E-state index in [2.05, 4.69) is 29.6 Å². The summed E-state index contributed by atoms with van der Waals surface area (Å²) in [5, 5.41) is 3.18. The minimum absolute atomic E-state index is 0.0235. The zero-order valence-corrected chi connectivity index (χ0v) is 11.7. The van der Waals surface area contributed by atoms with Gasteiger partial charge in [-0.05, 0) is 49.4 Å². The monoisotopic (exact) mass is 265 g/mol. The van der Waals surface area contributed by atoms with Crippen LogP contribution in [0.4, 0.5) is 0 Å². The van der Waals surface area contributed by atoms with Gasteiger partial charge in [-0.15, -0.1) is 0 Å². The molecular formula is C18H19NO. The van der Waals surface area contributed by atoms with E-state index in [1.165, 1.54) is 11.1 Å². The van der Waals surface area contributed by atoms with Gasteiger partial charge in [0, 0.05) is 5.56 Å². The first-order chi connectivity index (χ1) is 9.74. The molecule has 0 saturated carbocycles. The molecule has 0 aromatic heterocycles. The van der Waals surface area contributed by atoms with E-state index in [1.54, 1.807) is 0 Å². The maximum Gasteiger partial charge on any atom is 0.251 e. The molecule has 2 aromatic rings. The molecule has 102 valence electrons. The minimum atomic E-state index is 0.0235. The largest absolute Gasteiger partial charge is 0.345 e. The van der Waals surface area contributed by atoms with Crippen LogP contribution in [0.5, 0.6) is 0 Å². The first-order valence-electron chi connectivity index (χ1n) is 7.19. The maximum atomic E-state index is 12.4. The molecule has 0 heterocycles. The number of rotatable bonds is 2. The van der Waals surface area contributed by atoms with Crippen LogP contribution < -0.4 is 5.32 Å². The molecule has 2 heteroatoms. The first kappa shape index (κ1) is 12.9. The second-order valence-electron chi connectivity index (χ2n) is 5.49. The third-order valence-electron chi connectivity index (χ3n) is 3.96. The molecule has 0 unspecified atom stereocenters. The van der Waals surface area contributed by atoms with Crippen molar-refractivity contribution < 1.29 is 4.79 Å². The summed E-state index contributed by atoms with van der Waals surface area (Å²) in [5.41, 5.74) is 4.50. The van der Waals surface area contributed by atoms with Crippen LogP contribution in [-0.2, 0) is 6.42 Å². The highest BCUT2D eigenvalue weighted by molar-refractivity contribution is 5.94. The fourth-order valence-electron chi connectivity index (χ4n) is 2.93. The van der Waals surface area contributed by atoms with E-state index in [1.807, 2.05) is 31.2 Å². The van der Waals surface area contributed by atoms with Gasteiger partial charge in [0.15, 0.2) is 0 Å². The van der Waals surface area contributed by atoms with E-state index in [4.69, 9.17) is 0 Å². The molecule has 1 aliphatic rings. The first-order valence-corrected chi connectivity index (χ1v) is 7.19. The van der Waals surface area contributed by atoms with E-state index in [0.717, 1.165) is 30.4 Å². The van der Waals surface area contributed by atoms with Gasteiger partial charge < -0.3 is 5.32 Å². The molecule has 1 amide bonds. The van der Waals surface area contributed by atoms with Crippen molar-refractivity contribution in [1.82, 2.24) is 5.32 Å². The number of hydrogen-bond donors (Lipinski definition) is 1. The molecule has 0 saturated heterocycles. The summed E-state index contributed by atoms with van der Waals surface area (Å²) in [5.74, 6) is 0.0235. The Morgan fingerprint density at radius 1 is 1.15 bits per heavy atom. The number of benzene rings is 2. The average molecular weight is 265 g/mol. The number of nitrogens with one attached hydrogen (secondary N) is 1. The predicted octanol–water partition coefficient (Wildman–Crippen LogP) is 3.80. The van der Waals surface area contributed by atoms with Crippen molar-refractivity contribution in [2.45, 2.75) is 32.2 Å². The summed E-state index contributed by atoms with van der Waals surface area (Å²) in [6.07, 6.45) is 3.28. The summed E-state index contributed by atoms with van der Waals surface area (Å²) >= 11 is 0. The summed E-state index contributed by atoms with van der Waals surface area (Å²) in [4.78, 5) is 12.4. The third-order valence-corrected chi connectivity index (χ3v) is 3.96. The molecular weight excluding hydrogens is 246 g/mol. The Morgan fingerprint density at radius 3 is 2.85 bits per heavy atom. The number of carbonyl (C=O) groups is 1. The van der Waals surface area contributed by atoms with E-state index in [9.17, 15) is 4.79 Å². The lowest BCUT2D eigenvalue weighted by Gasteiger charge is -2.26. The van der Waals surface area contributed by atoms with Gasteiger partial charge in [0.2, 0.25) is 0 Å². The van der Waals surface area contributed by atoms with Gasteiger partial charge >= 0.3 is 0 Å². The van der Waals surface area contributed by atoms with Crippen molar-refractivity contribution in [3.8, 4) is 0 Å². The SMILES string of the molecule is Cc1cccc(C(=O)N[C@@H]2CCCc3ccccc32)c1. The molecule has 1 aliphatic carbocycles. The topological polar surface area (TPSA) is 29.1 Å². The van der Waals surface area contributed by atoms with Crippen LogP contribution in [0.1, 0.15) is 45.9 Å². The van der Waals surface area contributed by atoms with Crippen LogP contribution in [0.2, 0.25) is 0 Å². The summed E-state index contributed by atoms with van der Waals surface area (Å²) in [6, 6.07) is 16.3. The Hall–Kier alpha value is -2.09. The van der Waals surface area contributed by atoms with E-state index >= 15 is 0 Å². The Morgan fingerprint density at radius 2 is 2.00 bits per heavy atom. The van der Waals surface area contributed by atoms with Crippen molar-refractivity contribution >= 4 is 5.91 Å². The van der Waals surface area contributed by atoms with Crippen molar-refractivity contribution in [1.29, 1.82) is 0 Å². The Bertz CT molecular complexity index is 633. The molecule has 0 spiro atoms.